The van der Waals surface area contributed by atoms with E-state index in [1.165, 1.54) is 6.92 Å². The van der Waals surface area contributed by atoms with E-state index in [2.05, 4.69) is 20.6 Å². The molecule has 0 saturated carbocycles. The SMILES string of the molecule is CC(O[C@@H]1O[C@H](CO)[C@@H](O)[C@H](O)[C@H]1O)C(O)[C@H]1CNc2nc(N)[nH]c(=O)c2N1. The van der Waals surface area contributed by atoms with E-state index in [0.29, 0.717) is 0 Å². The number of aromatic nitrogens is 2. The second-order valence-electron chi connectivity index (χ2n) is 6.84. The number of H-pyrrole nitrogens is 1. The molecule has 0 amide bonds. The van der Waals surface area contributed by atoms with Crippen molar-refractivity contribution in [1.29, 1.82) is 0 Å². The van der Waals surface area contributed by atoms with Crippen molar-refractivity contribution in [2.24, 2.45) is 0 Å². The summed E-state index contributed by atoms with van der Waals surface area (Å²) < 4.78 is 10.8. The molecular weight excluding hydrogens is 378 g/mol. The van der Waals surface area contributed by atoms with Gasteiger partial charge in [0.15, 0.2) is 12.1 Å². The van der Waals surface area contributed by atoms with Crippen LogP contribution in [0.5, 0.6) is 0 Å². The topological polar surface area (TPSA) is 215 Å². The molecule has 0 aliphatic carbocycles. The molecule has 2 unspecified atom stereocenters. The van der Waals surface area contributed by atoms with Crippen molar-refractivity contribution in [3.05, 3.63) is 10.4 Å². The number of anilines is 3. The van der Waals surface area contributed by atoms with Gasteiger partial charge in [-0.05, 0) is 6.92 Å². The minimum absolute atomic E-state index is 0.0450. The third-order valence-corrected chi connectivity index (χ3v) is 4.85. The molecule has 1 saturated heterocycles. The molecule has 10 N–H and O–H groups in total. The van der Waals surface area contributed by atoms with Crippen LogP contribution in [0.25, 0.3) is 0 Å². The van der Waals surface area contributed by atoms with Gasteiger partial charge in [0.1, 0.15) is 36.2 Å². The standard InChI is InChI=1S/C15H25N5O8/c1-4(27-14-11(25)10(24)9(23)6(3-21)28-14)8(22)5-2-17-12-7(18-5)13(26)20-15(16)19-12/h4-6,8-11,14,18,21-25H,2-3H2,1H3,(H4,16,17,19,20,26)/t4?,5-,6-,8?,9-,10+,11-,14-/m1/s1. The van der Waals surface area contributed by atoms with E-state index in [1.54, 1.807) is 0 Å². The zero-order chi connectivity index (χ0) is 20.6. The van der Waals surface area contributed by atoms with E-state index in [4.69, 9.17) is 15.2 Å². The normalized spacial score (nSPS) is 34.6. The summed E-state index contributed by atoms with van der Waals surface area (Å²) in [5, 5.41) is 55.2. The maximum atomic E-state index is 12.0. The Balaban J connectivity index is 1.66. The fraction of sp³-hybridized carbons (Fsp3) is 0.733. The van der Waals surface area contributed by atoms with E-state index in [9.17, 15) is 30.3 Å². The molecule has 3 heterocycles. The smallest absolute Gasteiger partial charge is 0.277 e. The third kappa shape index (κ3) is 3.91. The van der Waals surface area contributed by atoms with Gasteiger partial charge in [0.25, 0.3) is 5.56 Å². The number of aliphatic hydroxyl groups excluding tert-OH is 5. The highest BCUT2D eigenvalue weighted by molar-refractivity contribution is 5.67. The zero-order valence-corrected chi connectivity index (χ0v) is 15.0. The van der Waals surface area contributed by atoms with Crippen LogP contribution in [-0.2, 0) is 9.47 Å². The maximum absolute atomic E-state index is 12.0. The van der Waals surface area contributed by atoms with Crippen LogP contribution >= 0.6 is 0 Å². The lowest BCUT2D eigenvalue weighted by atomic mass is 9.99. The van der Waals surface area contributed by atoms with Gasteiger partial charge in [-0.2, -0.15) is 4.98 Å². The monoisotopic (exact) mass is 403 g/mol. The van der Waals surface area contributed by atoms with Crippen LogP contribution in [0.1, 0.15) is 6.92 Å². The number of ether oxygens (including phenoxy) is 2. The molecule has 28 heavy (non-hydrogen) atoms. The molecule has 13 heteroatoms. The predicted octanol–water partition coefficient (Wildman–Crippen LogP) is -3.88. The van der Waals surface area contributed by atoms with Gasteiger partial charge < -0.3 is 51.4 Å². The minimum atomic E-state index is -1.59. The van der Waals surface area contributed by atoms with Crippen LogP contribution < -0.4 is 21.9 Å². The number of nitrogens with two attached hydrogens (primary N) is 1. The first-order valence-electron chi connectivity index (χ1n) is 8.77. The lowest BCUT2D eigenvalue weighted by Crippen LogP contribution is -2.60. The first-order chi connectivity index (χ1) is 13.2. The molecule has 0 aromatic carbocycles. The number of hydrogen-bond acceptors (Lipinski definition) is 12. The van der Waals surface area contributed by atoms with Crippen molar-refractivity contribution in [3.63, 3.8) is 0 Å². The lowest BCUT2D eigenvalue weighted by molar-refractivity contribution is -0.315. The quantitative estimate of drug-likeness (QED) is 0.231. The zero-order valence-electron chi connectivity index (χ0n) is 15.0. The number of nitrogens with one attached hydrogen (secondary N) is 3. The summed E-state index contributed by atoms with van der Waals surface area (Å²) in [6.45, 7) is 1.12. The molecule has 2 aliphatic rings. The molecule has 0 bridgehead atoms. The van der Waals surface area contributed by atoms with Crippen LogP contribution in [0.15, 0.2) is 4.79 Å². The van der Waals surface area contributed by atoms with Crippen LogP contribution in [0, 0.1) is 0 Å². The van der Waals surface area contributed by atoms with Gasteiger partial charge in [-0.15, -0.1) is 0 Å². The van der Waals surface area contributed by atoms with Crippen LogP contribution in [0.2, 0.25) is 0 Å². The van der Waals surface area contributed by atoms with Crippen molar-refractivity contribution in [1.82, 2.24) is 9.97 Å². The molecule has 0 radical (unpaired) electrons. The average Bonchev–Trinajstić information content (AvgIpc) is 2.67. The molecule has 0 spiro atoms. The second-order valence-corrected chi connectivity index (χ2v) is 6.84. The minimum Gasteiger partial charge on any atom is -0.394 e. The highest BCUT2D eigenvalue weighted by Gasteiger charge is 2.45. The van der Waals surface area contributed by atoms with Gasteiger partial charge >= 0.3 is 0 Å². The number of nitrogen functional groups attached to an aromatic ring is 1. The summed E-state index contributed by atoms with van der Waals surface area (Å²) in [4.78, 5) is 18.3. The number of nitrogens with zero attached hydrogens (tertiary/aromatic N) is 1. The summed E-state index contributed by atoms with van der Waals surface area (Å²) >= 11 is 0. The van der Waals surface area contributed by atoms with Gasteiger partial charge in [0.05, 0.1) is 18.8 Å². The summed E-state index contributed by atoms with van der Waals surface area (Å²) in [5.74, 6) is 0.212. The Morgan fingerprint density at radius 1 is 1.32 bits per heavy atom. The molecular formula is C15H25N5O8. The molecule has 1 aromatic rings. The molecule has 8 atom stereocenters. The number of hydrogen-bond donors (Lipinski definition) is 9. The van der Waals surface area contributed by atoms with Crippen molar-refractivity contribution < 1.29 is 35.0 Å². The second kappa shape index (κ2) is 8.16. The molecule has 158 valence electrons. The molecule has 3 rings (SSSR count). The van der Waals surface area contributed by atoms with Crippen molar-refractivity contribution in [2.45, 2.75) is 55.9 Å². The Labute approximate surface area is 159 Å². The number of aromatic amines is 1. The van der Waals surface area contributed by atoms with Gasteiger partial charge in [0.2, 0.25) is 5.95 Å². The van der Waals surface area contributed by atoms with Crippen molar-refractivity contribution in [3.8, 4) is 0 Å². The number of rotatable bonds is 5. The summed E-state index contributed by atoms with van der Waals surface area (Å²) in [5.41, 5.74) is 5.10. The fourth-order valence-corrected chi connectivity index (χ4v) is 3.20. The largest absolute Gasteiger partial charge is 0.394 e. The molecule has 13 nitrogen and oxygen atoms in total. The van der Waals surface area contributed by atoms with Crippen LogP contribution in [-0.4, -0.2) is 97.6 Å². The summed E-state index contributed by atoms with van der Waals surface area (Å²) in [7, 11) is 0. The van der Waals surface area contributed by atoms with Gasteiger partial charge in [0, 0.05) is 6.54 Å². The lowest BCUT2D eigenvalue weighted by Gasteiger charge is -2.41. The average molecular weight is 403 g/mol. The van der Waals surface area contributed by atoms with Crippen LogP contribution in [0.3, 0.4) is 0 Å². The third-order valence-electron chi connectivity index (χ3n) is 4.85. The first kappa shape index (κ1) is 20.7. The summed E-state index contributed by atoms with van der Waals surface area (Å²) in [6.07, 6.45) is -9.25. The molecule has 1 fully saturated rings. The Kier molecular flexibility index (Phi) is 6.04. The van der Waals surface area contributed by atoms with Gasteiger partial charge in [-0.25, -0.2) is 0 Å². The van der Waals surface area contributed by atoms with Crippen molar-refractivity contribution >= 4 is 17.5 Å². The first-order valence-corrected chi connectivity index (χ1v) is 8.77. The Bertz CT molecular complexity index is 746. The molecule has 2 aliphatic heterocycles. The highest BCUT2D eigenvalue weighted by atomic mass is 16.7. The number of aliphatic hydroxyl groups is 5. The van der Waals surface area contributed by atoms with E-state index >= 15 is 0 Å². The van der Waals surface area contributed by atoms with E-state index in [-0.39, 0.29) is 24.0 Å². The van der Waals surface area contributed by atoms with E-state index < -0.39 is 61.1 Å². The fourth-order valence-electron chi connectivity index (χ4n) is 3.20. The van der Waals surface area contributed by atoms with Gasteiger partial charge in [-0.3, -0.25) is 9.78 Å². The molecule has 1 aromatic heterocycles. The maximum Gasteiger partial charge on any atom is 0.277 e. The van der Waals surface area contributed by atoms with E-state index in [0.717, 1.165) is 0 Å². The van der Waals surface area contributed by atoms with Crippen LogP contribution in [0.4, 0.5) is 17.5 Å². The highest BCUT2D eigenvalue weighted by Crippen LogP contribution is 2.26. The predicted molar refractivity (Wildman–Crippen MR) is 95.5 cm³/mol. The van der Waals surface area contributed by atoms with Crippen molar-refractivity contribution in [2.75, 3.05) is 29.5 Å². The number of fused-ring (bicyclic) bond motifs is 1. The Morgan fingerprint density at radius 3 is 2.71 bits per heavy atom. The Hall–Kier alpha value is -2.00. The van der Waals surface area contributed by atoms with Gasteiger partial charge in [-0.1, -0.05) is 0 Å². The Morgan fingerprint density at radius 2 is 2.04 bits per heavy atom. The summed E-state index contributed by atoms with van der Waals surface area (Å²) in [6, 6.07) is -0.654. The van der Waals surface area contributed by atoms with E-state index in [1.807, 2.05) is 0 Å².